The number of hydrogen-bond acceptors (Lipinski definition) is 6. The molecule has 1 N–H and O–H groups in total. The van der Waals surface area contributed by atoms with Gasteiger partial charge in [0.2, 0.25) is 11.8 Å². The van der Waals surface area contributed by atoms with E-state index in [0.29, 0.717) is 0 Å². The zero-order chi connectivity index (χ0) is 22.2. The Balaban J connectivity index is 1.65. The van der Waals surface area contributed by atoms with Gasteiger partial charge in [-0.3, -0.25) is 14.5 Å². The maximum atomic E-state index is 14.0. The molecule has 1 aliphatic carbocycles. The summed E-state index contributed by atoms with van der Waals surface area (Å²) in [5.74, 6) is -1.23. The molecule has 0 aromatic rings. The van der Waals surface area contributed by atoms with Gasteiger partial charge in [-0.15, -0.1) is 0 Å². The van der Waals surface area contributed by atoms with Crippen LogP contribution in [0.4, 0.5) is 9.18 Å². The third kappa shape index (κ3) is 5.02. The first kappa shape index (κ1) is 22.3. The number of amides is 3. The average Bonchev–Trinajstić information content (AvgIpc) is 3.30. The van der Waals surface area contributed by atoms with Crippen molar-refractivity contribution in [3.05, 3.63) is 0 Å². The van der Waals surface area contributed by atoms with Gasteiger partial charge in [0, 0.05) is 31.3 Å². The Morgan fingerprint density at radius 2 is 1.67 bits per heavy atom. The van der Waals surface area contributed by atoms with Crippen LogP contribution in [-0.2, 0) is 23.9 Å². The van der Waals surface area contributed by atoms with Crippen LogP contribution in [0.5, 0.6) is 0 Å². The summed E-state index contributed by atoms with van der Waals surface area (Å²) < 4.78 is 24.1. The quantitative estimate of drug-likeness (QED) is 0.671. The molecule has 0 unspecified atom stereocenters. The summed E-state index contributed by atoms with van der Waals surface area (Å²) in [6.45, 7) is 5.05. The molecular weight excluding hydrogens is 397 g/mol. The number of carbonyl (C=O) groups is 4. The molecule has 0 aromatic heterocycles. The van der Waals surface area contributed by atoms with Gasteiger partial charge in [0.05, 0.1) is 13.7 Å². The van der Waals surface area contributed by atoms with Crippen LogP contribution in [-0.4, -0.2) is 83.8 Å². The normalized spacial score (nSPS) is 29.0. The van der Waals surface area contributed by atoms with E-state index in [0.717, 1.165) is 17.7 Å². The minimum atomic E-state index is -1.33. The molecule has 2 saturated heterocycles. The van der Waals surface area contributed by atoms with Gasteiger partial charge in [-0.1, -0.05) is 0 Å². The first-order chi connectivity index (χ1) is 14.0. The van der Waals surface area contributed by atoms with Crippen LogP contribution in [0.1, 0.15) is 46.5 Å². The molecule has 0 spiro atoms. The lowest BCUT2D eigenvalue weighted by Crippen LogP contribution is -2.50. The molecule has 0 aromatic carbocycles. The van der Waals surface area contributed by atoms with Crippen molar-refractivity contribution in [3.63, 3.8) is 0 Å². The summed E-state index contributed by atoms with van der Waals surface area (Å²) in [5, 5.41) is 2.79. The molecular formula is C20H30FN3O6. The minimum Gasteiger partial charge on any atom is -0.467 e. The molecule has 2 aliphatic heterocycles. The predicted molar refractivity (Wildman–Crippen MR) is 103 cm³/mol. The van der Waals surface area contributed by atoms with Crippen LogP contribution in [0.3, 0.4) is 0 Å². The summed E-state index contributed by atoms with van der Waals surface area (Å²) in [4.78, 5) is 52.5. The molecule has 3 amide bonds. The molecule has 0 bridgehead atoms. The Bertz CT molecular complexity index is 720. The molecule has 3 rings (SSSR count). The molecule has 30 heavy (non-hydrogen) atoms. The van der Waals surface area contributed by atoms with Crippen molar-refractivity contribution in [2.24, 2.45) is 5.92 Å². The van der Waals surface area contributed by atoms with E-state index in [1.807, 2.05) is 0 Å². The highest BCUT2D eigenvalue weighted by Gasteiger charge is 2.47. The van der Waals surface area contributed by atoms with Gasteiger partial charge in [0.1, 0.15) is 23.9 Å². The maximum absolute atomic E-state index is 14.0. The highest BCUT2D eigenvalue weighted by molar-refractivity contribution is 5.89. The highest BCUT2D eigenvalue weighted by atomic mass is 19.1. The number of nitrogens with zero attached hydrogens (tertiary/aromatic N) is 2. The third-order valence-electron chi connectivity index (χ3n) is 5.51. The van der Waals surface area contributed by atoms with Crippen molar-refractivity contribution in [1.82, 2.24) is 15.1 Å². The fourth-order valence-corrected chi connectivity index (χ4v) is 3.96. The summed E-state index contributed by atoms with van der Waals surface area (Å²) >= 11 is 0. The molecule has 10 heteroatoms. The highest BCUT2D eigenvalue weighted by Crippen LogP contribution is 2.34. The minimum absolute atomic E-state index is 0.0728. The van der Waals surface area contributed by atoms with Crippen LogP contribution in [0.25, 0.3) is 0 Å². The molecule has 0 radical (unpaired) electrons. The second-order valence-electron chi connectivity index (χ2n) is 9.23. The second kappa shape index (κ2) is 8.39. The molecule has 1 saturated carbocycles. The number of rotatable bonds is 4. The van der Waals surface area contributed by atoms with Gasteiger partial charge in [0.25, 0.3) is 0 Å². The fourth-order valence-electron chi connectivity index (χ4n) is 3.96. The summed E-state index contributed by atoms with van der Waals surface area (Å²) in [6, 6.07) is -2.24. The Labute approximate surface area is 175 Å². The molecule has 3 fully saturated rings. The van der Waals surface area contributed by atoms with Crippen molar-refractivity contribution >= 4 is 23.9 Å². The van der Waals surface area contributed by atoms with Crippen LogP contribution in [0.2, 0.25) is 0 Å². The van der Waals surface area contributed by atoms with Gasteiger partial charge in [0.15, 0.2) is 0 Å². The van der Waals surface area contributed by atoms with Crippen molar-refractivity contribution < 1.29 is 33.0 Å². The van der Waals surface area contributed by atoms with Gasteiger partial charge in [-0.2, -0.15) is 0 Å². The van der Waals surface area contributed by atoms with E-state index in [4.69, 9.17) is 9.47 Å². The predicted octanol–water partition coefficient (Wildman–Crippen LogP) is 1.00. The first-order valence-corrected chi connectivity index (χ1v) is 10.3. The standard InChI is InChI=1S/C20H30FN3O6/c1-20(2,3)30-19(28)24-9-12(21)7-14(24)16(25)22-13-8-15(18(27)29-4)23(10-13)17(26)11-5-6-11/h11-15H,5-10H2,1-4H3,(H,22,25)/t12-,13+,14-,15+/m0/s1. The topological polar surface area (TPSA) is 105 Å². The first-order valence-electron chi connectivity index (χ1n) is 10.3. The summed E-state index contributed by atoms with van der Waals surface area (Å²) in [5.41, 5.74) is -0.768. The van der Waals surface area contributed by atoms with E-state index in [1.165, 1.54) is 12.0 Å². The van der Waals surface area contributed by atoms with Gasteiger partial charge < -0.3 is 19.7 Å². The zero-order valence-electron chi connectivity index (χ0n) is 17.9. The van der Waals surface area contributed by atoms with E-state index >= 15 is 0 Å². The molecule has 4 atom stereocenters. The van der Waals surface area contributed by atoms with Gasteiger partial charge in [-0.25, -0.2) is 14.0 Å². The molecule has 9 nitrogen and oxygen atoms in total. The van der Waals surface area contributed by atoms with Crippen molar-refractivity contribution in [2.45, 2.75) is 76.4 Å². The Morgan fingerprint density at radius 3 is 2.23 bits per heavy atom. The number of carbonyl (C=O) groups excluding carboxylic acids is 4. The zero-order valence-corrected chi connectivity index (χ0v) is 17.9. The van der Waals surface area contributed by atoms with Crippen molar-refractivity contribution in [1.29, 1.82) is 0 Å². The number of halogens is 1. The lowest BCUT2D eigenvalue weighted by Gasteiger charge is -2.28. The summed E-state index contributed by atoms with van der Waals surface area (Å²) in [6.07, 6.45) is -0.381. The smallest absolute Gasteiger partial charge is 0.411 e. The maximum Gasteiger partial charge on any atom is 0.411 e. The molecule has 3 aliphatic rings. The second-order valence-corrected chi connectivity index (χ2v) is 9.23. The third-order valence-corrected chi connectivity index (χ3v) is 5.51. The van der Waals surface area contributed by atoms with Crippen LogP contribution < -0.4 is 5.32 Å². The number of alkyl halides is 1. The van der Waals surface area contributed by atoms with Crippen LogP contribution in [0, 0.1) is 5.92 Å². The van der Waals surface area contributed by atoms with Crippen LogP contribution in [0.15, 0.2) is 0 Å². The van der Waals surface area contributed by atoms with E-state index in [1.54, 1.807) is 20.8 Å². The SMILES string of the molecule is COC(=O)[C@H]1C[C@@H](NC(=O)[C@@H]2C[C@H](F)CN2C(=O)OC(C)(C)C)CN1C(=O)C1CC1. The number of nitrogens with one attached hydrogen (secondary N) is 1. The Kier molecular flexibility index (Phi) is 6.24. The number of methoxy groups -OCH3 is 1. The van der Waals surface area contributed by atoms with Crippen molar-refractivity contribution in [3.8, 4) is 0 Å². The van der Waals surface area contributed by atoms with E-state index in [2.05, 4.69) is 5.32 Å². The number of esters is 1. The largest absolute Gasteiger partial charge is 0.467 e. The number of ether oxygens (including phenoxy) is 2. The van der Waals surface area contributed by atoms with Gasteiger partial charge in [-0.05, 0) is 33.6 Å². The Hall–Kier alpha value is -2.39. The Morgan fingerprint density at radius 1 is 1.00 bits per heavy atom. The average molecular weight is 427 g/mol. The fraction of sp³-hybridized carbons (Fsp3) is 0.800. The summed E-state index contributed by atoms with van der Waals surface area (Å²) in [7, 11) is 1.26. The lowest BCUT2D eigenvalue weighted by molar-refractivity contribution is -0.151. The van der Waals surface area contributed by atoms with Crippen molar-refractivity contribution in [2.75, 3.05) is 20.2 Å². The monoisotopic (exact) mass is 427 g/mol. The van der Waals surface area contributed by atoms with E-state index in [-0.39, 0.29) is 37.8 Å². The van der Waals surface area contributed by atoms with Gasteiger partial charge >= 0.3 is 12.1 Å². The van der Waals surface area contributed by atoms with E-state index in [9.17, 15) is 23.6 Å². The number of likely N-dealkylation sites (tertiary alicyclic amines) is 2. The lowest BCUT2D eigenvalue weighted by atomic mass is 10.1. The van der Waals surface area contributed by atoms with Crippen LogP contribution >= 0.6 is 0 Å². The molecule has 168 valence electrons. The number of hydrogen-bond donors (Lipinski definition) is 1. The molecule has 2 heterocycles. The van der Waals surface area contributed by atoms with E-state index < -0.39 is 47.9 Å².